The van der Waals surface area contributed by atoms with Crippen LogP contribution in [0.4, 0.5) is 5.82 Å². The lowest BCUT2D eigenvalue weighted by Crippen LogP contribution is -2.51. The summed E-state index contributed by atoms with van der Waals surface area (Å²) in [4.78, 5) is 23.2. The van der Waals surface area contributed by atoms with E-state index in [9.17, 15) is 4.79 Å². The molecule has 122 valence electrons. The molecule has 1 aliphatic rings. The van der Waals surface area contributed by atoms with E-state index in [1.165, 1.54) is 0 Å². The monoisotopic (exact) mass is 368 g/mol. The van der Waals surface area contributed by atoms with Gasteiger partial charge >= 0.3 is 0 Å². The maximum Gasteiger partial charge on any atom is 0.236 e. The van der Waals surface area contributed by atoms with Gasteiger partial charge in [-0.3, -0.25) is 9.69 Å². The van der Waals surface area contributed by atoms with Crippen LogP contribution in [0, 0.1) is 6.92 Å². The highest BCUT2D eigenvalue weighted by Crippen LogP contribution is 2.21. The molecule has 1 amide bonds. The third-order valence-electron chi connectivity index (χ3n) is 4.20. The Bertz CT molecular complexity index is 511. The van der Waals surface area contributed by atoms with Crippen LogP contribution in [0.5, 0.6) is 0 Å². The van der Waals surface area contributed by atoms with Crippen molar-refractivity contribution in [2.45, 2.75) is 20.8 Å². The van der Waals surface area contributed by atoms with E-state index in [-0.39, 0.29) is 5.91 Å². The molecule has 0 radical (unpaired) electrons. The Morgan fingerprint density at radius 2 is 1.91 bits per heavy atom. The van der Waals surface area contributed by atoms with Gasteiger partial charge in [0.2, 0.25) is 5.91 Å². The Labute approximate surface area is 141 Å². The molecule has 0 unspecified atom stereocenters. The van der Waals surface area contributed by atoms with Crippen LogP contribution in [0.3, 0.4) is 0 Å². The molecule has 0 bridgehead atoms. The van der Waals surface area contributed by atoms with Gasteiger partial charge in [-0.05, 0) is 47.6 Å². The van der Waals surface area contributed by atoms with Gasteiger partial charge in [0.05, 0.1) is 6.54 Å². The Balaban J connectivity index is 1.91. The van der Waals surface area contributed by atoms with Crippen molar-refractivity contribution in [2.75, 3.05) is 50.7 Å². The lowest BCUT2D eigenvalue weighted by Gasteiger charge is -2.36. The number of carbonyl (C=O) groups is 1. The highest BCUT2D eigenvalue weighted by Gasteiger charge is 2.23. The molecule has 5 nitrogen and oxygen atoms in total. The molecule has 1 aliphatic heterocycles. The largest absolute Gasteiger partial charge is 0.353 e. The number of carbonyl (C=O) groups excluding carboxylic acids is 1. The van der Waals surface area contributed by atoms with Crippen LogP contribution < -0.4 is 4.90 Å². The van der Waals surface area contributed by atoms with E-state index in [2.05, 4.69) is 57.6 Å². The van der Waals surface area contributed by atoms with E-state index < -0.39 is 0 Å². The molecule has 6 heteroatoms. The second-order valence-electron chi connectivity index (χ2n) is 5.62. The molecular formula is C16H25BrN4O. The van der Waals surface area contributed by atoms with E-state index in [4.69, 9.17) is 0 Å². The van der Waals surface area contributed by atoms with Crippen molar-refractivity contribution in [3.8, 4) is 0 Å². The third kappa shape index (κ3) is 4.20. The SMILES string of the molecule is CCN(CC)CC(=O)N1CCN(c2ncc(Br)cc2C)CC1. The zero-order valence-corrected chi connectivity index (χ0v) is 15.3. The van der Waals surface area contributed by atoms with Gasteiger partial charge in [0.1, 0.15) is 5.82 Å². The Morgan fingerprint density at radius 3 is 2.45 bits per heavy atom. The molecule has 0 N–H and O–H groups in total. The van der Waals surface area contributed by atoms with E-state index in [1.54, 1.807) is 0 Å². The number of aryl methyl sites for hydroxylation is 1. The van der Waals surface area contributed by atoms with Crippen molar-refractivity contribution < 1.29 is 4.79 Å². The molecule has 1 fully saturated rings. The number of hydrogen-bond acceptors (Lipinski definition) is 4. The zero-order chi connectivity index (χ0) is 16.1. The summed E-state index contributed by atoms with van der Waals surface area (Å²) in [6.45, 7) is 11.9. The number of halogens is 1. The minimum absolute atomic E-state index is 0.240. The number of rotatable bonds is 5. The van der Waals surface area contributed by atoms with Crippen LogP contribution in [-0.2, 0) is 4.79 Å². The number of amides is 1. The lowest BCUT2D eigenvalue weighted by atomic mass is 10.2. The maximum absolute atomic E-state index is 12.3. The average molecular weight is 369 g/mol. The predicted molar refractivity (Wildman–Crippen MR) is 93.3 cm³/mol. The Kier molecular flexibility index (Phi) is 6.20. The van der Waals surface area contributed by atoms with Crippen molar-refractivity contribution in [3.63, 3.8) is 0 Å². The van der Waals surface area contributed by atoms with E-state index in [0.29, 0.717) is 6.54 Å². The molecule has 0 aromatic carbocycles. The molecule has 22 heavy (non-hydrogen) atoms. The van der Waals surface area contributed by atoms with Crippen molar-refractivity contribution in [1.29, 1.82) is 0 Å². The Morgan fingerprint density at radius 1 is 1.27 bits per heavy atom. The molecule has 1 aromatic rings. The number of likely N-dealkylation sites (N-methyl/N-ethyl adjacent to an activating group) is 1. The van der Waals surface area contributed by atoms with Crippen LogP contribution >= 0.6 is 15.9 Å². The Hall–Kier alpha value is -1.14. The summed E-state index contributed by atoms with van der Waals surface area (Å²) in [5.74, 6) is 1.27. The van der Waals surface area contributed by atoms with Crippen LogP contribution in [0.2, 0.25) is 0 Å². The number of anilines is 1. The molecule has 1 saturated heterocycles. The second-order valence-corrected chi connectivity index (χ2v) is 6.54. The summed E-state index contributed by atoms with van der Waals surface area (Å²) in [5, 5.41) is 0. The molecule has 1 aromatic heterocycles. The van der Waals surface area contributed by atoms with Gasteiger partial charge in [0, 0.05) is 36.8 Å². The van der Waals surface area contributed by atoms with Crippen LogP contribution in [-0.4, -0.2) is 66.5 Å². The van der Waals surface area contributed by atoms with Crippen molar-refractivity contribution >= 4 is 27.7 Å². The standard InChI is InChI=1S/C16H25BrN4O/c1-4-19(5-2)12-15(22)20-6-8-21(9-7-20)16-13(3)10-14(17)11-18-16/h10-11H,4-9,12H2,1-3H3. The summed E-state index contributed by atoms with van der Waals surface area (Å²) in [7, 11) is 0. The number of pyridine rings is 1. The van der Waals surface area contributed by atoms with Crippen molar-refractivity contribution in [2.24, 2.45) is 0 Å². The van der Waals surface area contributed by atoms with Crippen LogP contribution in [0.1, 0.15) is 19.4 Å². The van der Waals surface area contributed by atoms with Crippen LogP contribution in [0.15, 0.2) is 16.7 Å². The number of hydrogen-bond donors (Lipinski definition) is 0. The normalized spacial score (nSPS) is 15.5. The highest BCUT2D eigenvalue weighted by atomic mass is 79.9. The van der Waals surface area contributed by atoms with E-state index >= 15 is 0 Å². The zero-order valence-electron chi connectivity index (χ0n) is 13.7. The topological polar surface area (TPSA) is 39.7 Å². The third-order valence-corrected chi connectivity index (χ3v) is 4.64. The fraction of sp³-hybridized carbons (Fsp3) is 0.625. The first-order valence-corrected chi connectivity index (χ1v) is 8.71. The summed E-state index contributed by atoms with van der Waals surface area (Å²) in [5.41, 5.74) is 1.16. The first kappa shape index (κ1) is 17.2. The molecular weight excluding hydrogens is 344 g/mol. The second kappa shape index (κ2) is 7.92. The number of piperazine rings is 1. The van der Waals surface area contributed by atoms with Gasteiger partial charge in [-0.2, -0.15) is 0 Å². The predicted octanol–water partition coefficient (Wildman–Crippen LogP) is 2.14. The molecule has 0 saturated carbocycles. The first-order chi connectivity index (χ1) is 10.5. The molecule has 0 atom stereocenters. The average Bonchev–Trinajstić information content (AvgIpc) is 2.52. The summed E-state index contributed by atoms with van der Waals surface area (Å²) in [6.07, 6.45) is 1.83. The van der Waals surface area contributed by atoms with Gasteiger partial charge in [-0.15, -0.1) is 0 Å². The summed E-state index contributed by atoms with van der Waals surface area (Å²) < 4.78 is 1.00. The lowest BCUT2D eigenvalue weighted by molar-refractivity contribution is -0.132. The number of nitrogens with zero attached hydrogens (tertiary/aromatic N) is 4. The minimum Gasteiger partial charge on any atom is -0.353 e. The summed E-state index contributed by atoms with van der Waals surface area (Å²) >= 11 is 3.45. The quantitative estimate of drug-likeness (QED) is 0.798. The molecule has 2 rings (SSSR count). The van der Waals surface area contributed by atoms with Crippen molar-refractivity contribution in [1.82, 2.24) is 14.8 Å². The fourth-order valence-corrected chi connectivity index (χ4v) is 3.22. The first-order valence-electron chi connectivity index (χ1n) is 7.92. The van der Waals surface area contributed by atoms with Crippen molar-refractivity contribution in [3.05, 3.63) is 22.3 Å². The molecule has 2 heterocycles. The van der Waals surface area contributed by atoms with Gasteiger partial charge in [-0.1, -0.05) is 13.8 Å². The fourth-order valence-electron chi connectivity index (χ4n) is 2.77. The van der Waals surface area contributed by atoms with Gasteiger partial charge < -0.3 is 9.80 Å². The van der Waals surface area contributed by atoms with E-state index in [0.717, 1.165) is 55.1 Å². The number of aromatic nitrogens is 1. The van der Waals surface area contributed by atoms with Gasteiger partial charge in [0.15, 0.2) is 0 Å². The molecule has 0 aliphatic carbocycles. The summed E-state index contributed by atoms with van der Waals surface area (Å²) in [6, 6.07) is 2.08. The van der Waals surface area contributed by atoms with E-state index in [1.807, 2.05) is 11.1 Å². The smallest absolute Gasteiger partial charge is 0.236 e. The van der Waals surface area contributed by atoms with Crippen LogP contribution in [0.25, 0.3) is 0 Å². The minimum atomic E-state index is 0.240. The highest BCUT2D eigenvalue weighted by molar-refractivity contribution is 9.10. The maximum atomic E-state index is 12.3. The molecule has 0 spiro atoms. The van der Waals surface area contributed by atoms with Gasteiger partial charge in [0.25, 0.3) is 0 Å². The van der Waals surface area contributed by atoms with Gasteiger partial charge in [-0.25, -0.2) is 4.98 Å².